The number of nitrogens with two attached hydrogens (primary N) is 2. The molecule has 0 bridgehead atoms. The summed E-state index contributed by atoms with van der Waals surface area (Å²) < 4.78 is 0. The van der Waals surface area contributed by atoms with Crippen molar-refractivity contribution in [1.29, 1.82) is 0 Å². The molecule has 20 nitrogen and oxygen atoms in total. The van der Waals surface area contributed by atoms with Crippen LogP contribution in [-0.2, 0) is 27.1 Å². The molecule has 5 aromatic rings. The first-order chi connectivity index (χ1) is 39.6. The lowest BCUT2D eigenvalue weighted by Crippen LogP contribution is -2.46. The quantitative estimate of drug-likeness (QED) is 0.0261. The molecule has 0 unspecified atom stereocenters. The summed E-state index contributed by atoms with van der Waals surface area (Å²) in [6.45, 7) is 37.4. The lowest BCUT2D eigenvalue weighted by molar-refractivity contribution is 0.396. The van der Waals surface area contributed by atoms with E-state index in [2.05, 4.69) is 31.5 Å². The van der Waals surface area contributed by atoms with Crippen molar-refractivity contribution in [2.45, 2.75) is 195 Å². The molecule has 0 atom stereocenters. The number of anilines is 5. The fourth-order valence-corrected chi connectivity index (χ4v) is 9.96. The lowest BCUT2D eigenvalue weighted by Gasteiger charge is -2.29. The van der Waals surface area contributed by atoms with E-state index in [1.807, 2.05) is 156 Å². The zero-order valence-corrected chi connectivity index (χ0v) is 56.7. The van der Waals surface area contributed by atoms with E-state index in [0.717, 1.165) is 110 Å². The van der Waals surface area contributed by atoms with Crippen LogP contribution in [0.4, 0.5) is 28.4 Å². The molecule has 486 valence electrons. The fraction of sp³-hybridized carbons (Fsp3) is 0.697. The highest BCUT2D eigenvalue weighted by Crippen LogP contribution is 2.30. The molecule has 0 aliphatic heterocycles. The standard InChI is InChI=1S/2C14H24N2O2.2C13H22N2O2.C12H20N2O2/c1-14(2,3)10-11(13(18)12(10)17)15-8-6-7-9-16(4)5;1-14(2,3)10-11(13(18)12(10)17)16(5)9-7-6-8-15-4;1-13(2,3)9-10(12(17)11(9)16)15(4)8-6-5-7-14;1-13(2,3)9-10(12(17)11(9)16)15-8-6-5-7-14-4;1-12(2,3)8-9(11(16)10(8)15)14-7-5-4-6-13/h2*15H,6-9H2,1-5H3;5-8,14H2,1-4H3;14-15H,5-8H2,1-4H3;14H,4-7,13H2,1-3H3. The minimum atomic E-state index is -0.377. The molecule has 5 aromatic carbocycles. The summed E-state index contributed by atoms with van der Waals surface area (Å²) in [6.07, 6.45) is 9.93. The van der Waals surface area contributed by atoms with Gasteiger partial charge < -0.3 is 52.8 Å². The van der Waals surface area contributed by atoms with E-state index in [1.54, 1.807) is 0 Å². The van der Waals surface area contributed by atoms with Crippen molar-refractivity contribution in [2.75, 3.05) is 133 Å². The van der Waals surface area contributed by atoms with Crippen LogP contribution in [-0.4, -0.2) is 113 Å². The molecule has 0 spiro atoms. The van der Waals surface area contributed by atoms with Crippen molar-refractivity contribution < 1.29 is 0 Å². The van der Waals surface area contributed by atoms with Gasteiger partial charge in [0.05, 0.1) is 28.4 Å². The van der Waals surface area contributed by atoms with Crippen LogP contribution in [0.15, 0.2) is 47.9 Å². The van der Waals surface area contributed by atoms with Gasteiger partial charge in [0.1, 0.15) is 0 Å². The Bertz CT molecular complexity index is 3240. The second-order valence-corrected chi connectivity index (χ2v) is 28.0. The predicted molar refractivity (Wildman–Crippen MR) is 363 cm³/mol. The van der Waals surface area contributed by atoms with Gasteiger partial charge in [-0.15, -0.1) is 0 Å². The lowest BCUT2D eigenvalue weighted by atomic mass is 9.82. The van der Waals surface area contributed by atoms with Gasteiger partial charge in [0, 0.05) is 74.6 Å². The molecular formula is C66H112N10O10. The minimum Gasteiger partial charge on any atom is -0.381 e. The SMILES string of the molecule is CC(C)(C)c1c(NCCCCN)c(=O)c1=O.CN(C)CCCCNc1c(C(C)(C)C)c(=O)c1=O.CN(CCCCN)c1c(C(C)(C)C)c(=O)c1=O.CNCCCCN(C)c1c(C(C)(C)C)c(=O)c1=O.CNCCCCNc1c(C(C)(C)C)c(=O)c1=O. The van der Waals surface area contributed by atoms with Crippen LogP contribution in [0.1, 0.15) is 196 Å². The van der Waals surface area contributed by atoms with Crippen LogP contribution >= 0.6 is 0 Å². The van der Waals surface area contributed by atoms with Crippen molar-refractivity contribution >= 4 is 28.4 Å². The number of hydrogen-bond acceptors (Lipinski definition) is 20. The molecule has 0 saturated carbocycles. The van der Waals surface area contributed by atoms with Crippen LogP contribution < -0.4 is 102 Å². The molecule has 20 heteroatoms. The molecule has 9 N–H and O–H groups in total. The fourth-order valence-electron chi connectivity index (χ4n) is 9.96. The van der Waals surface area contributed by atoms with Crippen LogP contribution in [0.5, 0.6) is 0 Å². The van der Waals surface area contributed by atoms with E-state index in [-0.39, 0.29) is 81.4 Å². The summed E-state index contributed by atoms with van der Waals surface area (Å²) in [5.41, 5.74) is 12.2. The van der Waals surface area contributed by atoms with E-state index >= 15 is 0 Å². The summed E-state index contributed by atoms with van der Waals surface area (Å²) >= 11 is 0. The van der Waals surface area contributed by atoms with Crippen molar-refractivity contribution in [3.05, 3.63) is 130 Å². The van der Waals surface area contributed by atoms with Gasteiger partial charge in [0.2, 0.25) is 54.3 Å². The Balaban J connectivity index is 0.000000538. The summed E-state index contributed by atoms with van der Waals surface area (Å²) in [7, 11) is 11.7. The van der Waals surface area contributed by atoms with E-state index < -0.39 is 0 Å². The molecule has 0 aromatic heterocycles. The number of hydrogen-bond donors (Lipinski definition) is 7. The zero-order chi connectivity index (χ0) is 66.5. The molecule has 0 amide bonds. The number of unbranched alkanes of at least 4 members (excludes halogenated alkanes) is 5. The first kappa shape index (κ1) is 78.2. The van der Waals surface area contributed by atoms with E-state index in [0.29, 0.717) is 75.9 Å². The Kier molecular flexibility index (Phi) is 31.5. The van der Waals surface area contributed by atoms with Crippen LogP contribution in [0, 0.1) is 0 Å². The summed E-state index contributed by atoms with van der Waals surface area (Å²) in [5.74, 6) is 0. The van der Waals surface area contributed by atoms with Crippen LogP contribution in [0.25, 0.3) is 0 Å². The van der Waals surface area contributed by atoms with Crippen molar-refractivity contribution in [3.8, 4) is 0 Å². The largest absolute Gasteiger partial charge is 0.381 e. The van der Waals surface area contributed by atoms with Gasteiger partial charge >= 0.3 is 0 Å². The zero-order valence-electron chi connectivity index (χ0n) is 56.7. The summed E-state index contributed by atoms with van der Waals surface area (Å²) in [4.78, 5) is 121. The highest BCUT2D eigenvalue weighted by atomic mass is 16.2. The maximum atomic E-state index is 11.7. The molecule has 0 aliphatic rings. The van der Waals surface area contributed by atoms with Gasteiger partial charge in [-0.05, 0) is 152 Å². The van der Waals surface area contributed by atoms with Gasteiger partial charge in [-0.2, -0.15) is 0 Å². The number of nitrogens with one attached hydrogen (secondary N) is 5. The van der Waals surface area contributed by atoms with Gasteiger partial charge in [-0.3, -0.25) is 47.9 Å². The van der Waals surface area contributed by atoms with Crippen LogP contribution in [0.2, 0.25) is 0 Å². The highest BCUT2D eigenvalue weighted by molar-refractivity contribution is 5.63. The Labute approximate surface area is 512 Å². The Morgan fingerprint density at radius 3 is 0.814 bits per heavy atom. The molecule has 0 aliphatic carbocycles. The van der Waals surface area contributed by atoms with Crippen molar-refractivity contribution in [2.24, 2.45) is 11.5 Å². The van der Waals surface area contributed by atoms with E-state index in [4.69, 9.17) is 11.5 Å². The molecule has 0 saturated heterocycles. The van der Waals surface area contributed by atoms with E-state index in [9.17, 15) is 47.9 Å². The van der Waals surface area contributed by atoms with Gasteiger partial charge in [0.25, 0.3) is 0 Å². The normalized spacial score (nSPS) is 12.1. The molecule has 0 fully saturated rings. The van der Waals surface area contributed by atoms with Gasteiger partial charge in [-0.1, -0.05) is 104 Å². The molecule has 86 heavy (non-hydrogen) atoms. The Hall–Kier alpha value is -5.80. The monoisotopic (exact) mass is 1200 g/mol. The van der Waals surface area contributed by atoms with Gasteiger partial charge in [0.15, 0.2) is 0 Å². The average molecular weight is 1210 g/mol. The summed E-state index contributed by atoms with van der Waals surface area (Å²) in [6, 6.07) is 0. The first-order valence-electron chi connectivity index (χ1n) is 30.8. The third-order valence-corrected chi connectivity index (χ3v) is 14.6. The Morgan fingerprint density at radius 1 is 0.302 bits per heavy atom. The van der Waals surface area contributed by atoms with Gasteiger partial charge in [-0.25, -0.2) is 0 Å². The topological polar surface area (TPSA) is 293 Å². The average Bonchev–Trinajstić information content (AvgIpc) is 1.16. The second kappa shape index (κ2) is 34.7. The smallest absolute Gasteiger partial charge is 0.249 e. The molecule has 5 rings (SSSR count). The number of rotatable bonds is 28. The maximum Gasteiger partial charge on any atom is 0.249 e. The highest BCUT2D eigenvalue weighted by Gasteiger charge is 2.35. The third kappa shape index (κ3) is 22.4. The molecule has 0 heterocycles. The van der Waals surface area contributed by atoms with Crippen LogP contribution in [0.3, 0.4) is 0 Å². The van der Waals surface area contributed by atoms with Crippen molar-refractivity contribution in [1.82, 2.24) is 15.5 Å². The second-order valence-electron chi connectivity index (χ2n) is 28.0. The van der Waals surface area contributed by atoms with E-state index in [1.165, 1.54) is 0 Å². The van der Waals surface area contributed by atoms with Crippen molar-refractivity contribution in [3.63, 3.8) is 0 Å². The maximum absolute atomic E-state index is 11.7. The molecular weight excluding hydrogens is 1090 g/mol. The number of nitrogens with zero attached hydrogens (tertiary/aromatic N) is 3. The first-order valence-corrected chi connectivity index (χ1v) is 30.8. The Morgan fingerprint density at radius 2 is 0.535 bits per heavy atom. The molecule has 0 radical (unpaired) electrons. The minimum absolute atomic E-state index is 0.250. The summed E-state index contributed by atoms with van der Waals surface area (Å²) in [5, 5.41) is 15.4. The third-order valence-electron chi connectivity index (χ3n) is 14.6. The predicted octanol–water partition coefficient (Wildman–Crippen LogP) is 4.83.